The molecule has 28 heavy (non-hydrogen) atoms. The van der Waals surface area contributed by atoms with Crippen LogP contribution in [0.4, 0.5) is 11.5 Å². The number of pyridine rings is 1. The lowest BCUT2D eigenvalue weighted by Crippen LogP contribution is -2.22. The second-order valence-corrected chi connectivity index (χ2v) is 8.66. The zero-order valence-corrected chi connectivity index (χ0v) is 16.5. The maximum Gasteiger partial charge on any atom is 0.261 e. The van der Waals surface area contributed by atoms with Gasteiger partial charge in [0.2, 0.25) is 10.0 Å². The predicted molar refractivity (Wildman–Crippen MR) is 106 cm³/mol. The van der Waals surface area contributed by atoms with Crippen molar-refractivity contribution in [3.63, 3.8) is 0 Å². The number of hydrogen-bond acceptors (Lipinski definition) is 6. The molecule has 0 aliphatic rings. The molecule has 9 nitrogen and oxygen atoms in total. The summed E-state index contributed by atoms with van der Waals surface area (Å²) in [6, 6.07) is 9.81. The fraction of sp³-hybridized carbons (Fsp3) is 0.278. The minimum atomic E-state index is -3.52. The Kier molecular flexibility index (Phi) is 5.22. The molecule has 1 atom stereocenters. The first-order valence-electron chi connectivity index (χ1n) is 8.52. The lowest BCUT2D eigenvalue weighted by atomic mass is 10.2. The summed E-state index contributed by atoms with van der Waals surface area (Å²) in [6.45, 7) is 1.85. The van der Waals surface area contributed by atoms with E-state index in [4.69, 9.17) is 5.26 Å². The molecule has 1 aromatic carbocycles. The van der Waals surface area contributed by atoms with E-state index in [0.717, 1.165) is 4.31 Å². The van der Waals surface area contributed by atoms with Gasteiger partial charge in [-0.3, -0.25) is 9.48 Å². The van der Waals surface area contributed by atoms with Crippen LogP contribution in [0.3, 0.4) is 0 Å². The van der Waals surface area contributed by atoms with Crippen molar-refractivity contribution in [3.05, 3.63) is 46.9 Å². The number of anilines is 2. The van der Waals surface area contributed by atoms with Crippen LogP contribution in [0.1, 0.15) is 19.4 Å². The van der Waals surface area contributed by atoms with Gasteiger partial charge >= 0.3 is 0 Å². The number of rotatable bonds is 6. The van der Waals surface area contributed by atoms with Gasteiger partial charge in [0, 0.05) is 26.0 Å². The second kappa shape index (κ2) is 7.46. The molecule has 0 bridgehead atoms. The predicted octanol–water partition coefficient (Wildman–Crippen LogP) is 2.19. The normalized spacial score (nSPS) is 12.8. The van der Waals surface area contributed by atoms with Crippen LogP contribution in [-0.4, -0.2) is 41.6 Å². The van der Waals surface area contributed by atoms with Crippen LogP contribution in [-0.2, 0) is 10.0 Å². The van der Waals surface area contributed by atoms with Gasteiger partial charge in [0.1, 0.15) is 5.39 Å². The van der Waals surface area contributed by atoms with Crippen molar-refractivity contribution in [2.45, 2.75) is 24.3 Å². The van der Waals surface area contributed by atoms with E-state index in [1.807, 2.05) is 6.92 Å². The summed E-state index contributed by atoms with van der Waals surface area (Å²) in [4.78, 5) is 15.1. The van der Waals surface area contributed by atoms with Crippen LogP contribution in [0.2, 0.25) is 0 Å². The molecule has 0 spiro atoms. The topological polar surface area (TPSA) is 124 Å². The minimum Gasteiger partial charge on any atom is -0.338 e. The van der Waals surface area contributed by atoms with Gasteiger partial charge in [-0.25, -0.2) is 12.7 Å². The first kappa shape index (κ1) is 19.6. The van der Waals surface area contributed by atoms with E-state index in [2.05, 4.69) is 21.5 Å². The molecule has 2 aromatic heterocycles. The number of benzene rings is 1. The fourth-order valence-electron chi connectivity index (χ4n) is 2.80. The Labute approximate surface area is 162 Å². The van der Waals surface area contributed by atoms with Crippen molar-refractivity contribution >= 4 is 32.4 Å². The third-order valence-corrected chi connectivity index (χ3v) is 6.16. The van der Waals surface area contributed by atoms with Crippen molar-refractivity contribution in [2.75, 3.05) is 19.4 Å². The minimum absolute atomic E-state index is 0.166. The van der Waals surface area contributed by atoms with Gasteiger partial charge in [-0.05, 0) is 37.3 Å². The first-order valence-corrected chi connectivity index (χ1v) is 9.96. The number of H-pyrrole nitrogens is 1. The molecule has 3 aromatic rings. The van der Waals surface area contributed by atoms with Gasteiger partial charge in [-0.1, -0.05) is 0 Å². The summed E-state index contributed by atoms with van der Waals surface area (Å²) in [6.07, 6.45) is 1.78. The number of hydrogen-bond donors (Lipinski definition) is 2. The molecule has 0 saturated heterocycles. The summed E-state index contributed by atoms with van der Waals surface area (Å²) in [5.74, 6) is 0.338. The van der Waals surface area contributed by atoms with E-state index in [0.29, 0.717) is 22.4 Å². The molecule has 0 fully saturated rings. The number of fused-ring (bicyclic) bond motifs is 1. The standard InChI is InChI=1S/C18H20N6O3S/c1-12(8-10-19)24-15-9-11-20-18(25)16(15)17(22-24)21-13-4-6-14(7-5-13)28(26,27)23(2)3/h4-7,9,11-12H,8H2,1-3H3,(H,20,25)(H,21,22). The Bertz CT molecular complexity index is 1200. The van der Waals surface area contributed by atoms with Crippen LogP contribution < -0.4 is 10.9 Å². The van der Waals surface area contributed by atoms with Crippen molar-refractivity contribution in [1.82, 2.24) is 19.1 Å². The largest absolute Gasteiger partial charge is 0.338 e. The van der Waals surface area contributed by atoms with E-state index in [-0.39, 0.29) is 22.9 Å². The average molecular weight is 400 g/mol. The Hall–Kier alpha value is -3.16. The number of sulfonamides is 1. The zero-order chi connectivity index (χ0) is 20.5. The highest BCUT2D eigenvalue weighted by atomic mass is 32.2. The van der Waals surface area contributed by atoms with Gasteiger partial charge in [-0.15, -0.1) is 0 Å². The van der Waals surface area contributed by atoms with Gasteiger partial charge in [0.05, 0.1) is 28.9 Å². The summed E-state index contributed by atoms with van der Waals surface area (Å²) < 4.78 is 27.1. The molecule has 0 radical (unpaired) electrons. The smallest absolute Gasteiger partial charge is 0.261 e. The van der Waals surface area contributed by atoms with Crippen LogP contribution >= 0.6 is 0 Å². The Balaban J connectivity index is 2.01. The van der Waals surface area contributed by atoms with Gasteiger partial charge in [0.15, 0.2) is 5.82 Å². The summed E-state index contributed by atoms with van der Waals surface area (Å²) in [5, 5.41) is 16.9. The average Bonchev–Trinajstić information content (AvgIpc) is 3.02. The highest BCUT2D eigenvalue weighted by Gasteiger charge is 2.19. The van der Waals surface area contributed by atoms with E-state index >= 15 is 0 Å². The molecular weight excluding hydrogens is 380 g/mol. The SMILES string of the molecule is CC(CC#N)n1nc(Nc2ccc(S(=O)(=O)N(C)C)cc2)c2c(=O)[nH]ccc21. The van der Waals surface area contributed by atoms with Crippen LogP contribution in [0, 0.1) is 11.3 Å². The van der Waals surface area contributed by atoms with Gasteiger partial charge in [0.25, 0.3) is 5.56 Å². The van der Waals surface area contributed by atoms with Gasteiger partial charge < -0.3 is 10.3 Å². The maximum absolute atomic E-state index is 12.3. The molecule has 2 heterocycles. The number of nitrogens with zero attached hydrogens (tertiary/aromatic N) is 4. The Morgan fingerprint density at radius 3 is 2.57 bits per heavy atom. The van der Waals surface area contributed by atoms with Crippen molar-refractivity contribution in [1.29, 1.82) is 5.26 Å². The molecule has 3 rings (SSSR count). The second-order valence-electron chi connectivity index (χ2n) is 6.51. The molecule has 146 valence electrons. The summed E-state index contributed by atoms with van der Waals surface area (Å²) in [5.41, 5.74) is 0.892. The van der Waals surface area contributed by atoms with Crippen molar-refractivity contribution in [2.24, 2.45) is 0 Å². The maximum atomic E-state index is 12.3. The fourth-order valence-corrected chi connectivity index (χ4v) is 3.70. The molecule has 1 unspecified atom stereocenters. The lowest BCUT2D eigenvalue weighted by molar-refractivity contribution is 0.518. The first-order chi connectivity index (χ1) is 13.3. The molecule has 2 N–H and O–H groups in total. The monoisotopic (exact) mass is 400 g/mol. The van der Waals surface area contributed by atoms with Gasteiger partial charge in [-0.2, -0.15) is 10.4 Å². The third kappa shape index (κ3) is 3.49. The summed E-state index contributed by atoms with van der Waals surface area (Å²) >= 11 is 0. The third-order valence-electron chi connectivity index (χ3n) is 4.33. The highest BCUT2D eigenvalue weighted by molar-refractivity contribution is 7.89. The van der Waals surface area contributed by atoms with Crippen LogP contribution in [0.15, 0.2) is 46.2 Å². The lowest BCUT2D eigenvalue weighted by Gasteiger charge is -2.12. The molecule has 10 heteroatoms. The van der Waals surface area contributed by atoms with E-state index in [1.54, 1.807) is 22.9 Å². The molecule has 0 aliphatic heterocycles. The van der Waals surface area contributed by atoms with Crippen molar-refractivity contribution < 1.29 is 8.42 Å². The van der Waals surface area contributed by atoms with E-state index in [1.165, 1.54) is 32.4 Å². The van der Waals surface area contributed by atoms with Crippen LogP contribution in [0.5, 0.6) is 0 Å². The molecule has 0 aliphatic carbocycles. The molecule has 0 saturated carbocycles. The Morgan fingerprint density at radius 1 is 1.29 bits per heavy atom. The number of aromatic amines is 1. The number of aromatic nitrogens is 3. The van der Waals surface area contributed by atoms with Crippen molar-refractivity contribution in [3.8, 4) is 6.07 Å². The molecule has 0 amide bonds. The highest BCUT2D eigenvalue weighted by Crippen LogP contribution is 2.27. The van der Waals surface area contributed by atoms with E-state index in [9.17, 15) is 13.2 Å². The Morgan fingerprint density at radius 2 is 1.96 bits per heavy atom. The molecular formula is C18H20N6O3S. The number of nitrogens with one attached hydrogen (secondary N) is 2. The van der Waals surface area contributed by atoms with Crippen LogP contribution in [0.25, 0.3) is 10.9 Å². The number of nitriles is 1. The zero-order valence-electron chi connectivity index (χ0n) is 15.7. The summed E-state index contributed by atoms with van der Waals surface area (Å²) in [7, 11) is -0.587. The van der Waals surface area contributed by atoms with E-state index < -0.39 is 10.0 Å². The quantitative estimate of drug-likeness (QED) is 0.654.